The molecule has 0 radical (unpaired) electrons. The molecular weight excluding hydrogens is 164 g/mol. The SMILES string of the molecule is CCC(C)C(=O)NCC(C)CNC. The van der Waals surface area contributed by atoms with E-state index in [-0.39, 0.29) is 11.8 Å². The van der Waals surface area contributed by atoms with Gasteiger partial charge in [0.1, 0.15) is 0 Å². The average molecular weight is 186 g/mol. The molecule has 0 saturated heterocycles. The van der Waals surface area contributed by atoms with E-state index in [9.17, 15) is 4.79 Å². The van der Waals surface area contributed by atoms with Crippen molar-refractivity contribution in [1.29, 1.82) is 0 Å². The van der Waals surface area contributed by atoms with Crippen LogP contribution in [0.1, 0.15) is 27.2 Å². The van der Waals surface area contributed by atoms with E-state index < -0.39 is 0 Å². The zero-order chi connectivity index (χ0) is 10.3. The zero-order valence-corrected chi connectivity index (χ0v) is 9.18. The minimum atomic E-state index is 0.141. The van der Waals surface area contributed by atoms with Crippen molar-refractivity contribution >= 4 is 5.91 Å². The Morgan fingerprint density at radius 1 is 1.31 bits per heavy atom. The molecule has 13 heavy (non-hydrogen) atoms. The van der Waals surface area contributed by atoms with Gasteiger partial charge in [0.25, 0.3) is 0 Å². The fourth-order valence-corrected chi connectivity index (χ4v) is 1.06. The Hall–Kier alpha value is -0.570. The quantitative estimate of drug-likeness (QED) is 0.650. The summed E-state index contributed by atoms with van der Waals surface area (Å²) in [7, 11) is 1.92. The van der Waals surface area contributed by atoms with Gasteiger partial charge in [-0.1, -0.05) is 20.8 Å². The lowest BCUT2D eigenvalue weighted by atomic mass is 10.1. The van der Waals surface area contributed by atoms with Gasteiger partial charge in [-0.2, -0.15) is 0 Å². The van der Waals surface area contributed by atoms with E-state index in [1.807, 2.05) is 20.9 Å². The molecule has 0 rings (SSSR count). The third-order valence-electron chi connectivity index (χ3n) is 2.24. The highest BCUT2D eigenvalue weighted by molar-refractivity contribution is 5.78. The Morgan fingerprint density at radius 3 is 2.38 bits per heavy atom. The van der Waals surface area contributed by atoms with Gasteiger partial charge < -0.3 is 10.6 Å². The van der Waals surface area contributed by atoms with Gasteiger partial charge in [0.2, 0.25) is 5.91 Å². The van der Waals surface area contributed by atoms with Crippen molar-refractivity contribution in [3.05, 3.63) is 0 Å². The topological polar surface area (TPSA) is 41.1 Å². The second kappa shape index (κ2) is 6.89. The van der Waals surface area contributed by atoms with Crippen molar-refractivity contribution in [2.24, 2.45) is 11.8 Å². The second-order valence-corrected chi connectivity index (χ2v) is 3.72. The molecule has 0 saturated carbocycles. The lowest BCUT2D eigenvalue weighted by Crippen LogP contribution is -2.35. The molecule has 0 aromatic heterocycles. The van der Waals surface area contributed by atoms with E-state index in [2.05, 4.69) is 17.6 Å². The zero-order valence-electron chi connectivity index (χ0n) is 9.18. The number of amides is 1. The molecule has 0 aliphatic heterocycles. The molecule has 3 heteroatoms. The molecule has 2 unspecified atom stereocenters. The highest BCUT2D eigenvalue weighted by atomic mass is 16.1. The van der Waals surface area contributed by atoms with E-state index in [0.29, 0.717) is 5.92 Å². The Kier molecular flexibility index (Phi) is 6.59. The minimum Gasteiger partial charge on any atom is -0.356 e. The summed E-state index contributed by atoms with van der Waals surface area (Å²) in [6.07, 6.45) is 0.909. The van der Waals surface area contributed by atoms with Crippen LogP contribution in [0.25, 0.3) is 0 Å². The fraction of sp³-hybridized carbons (Fsp3) is 0.900. The number of hydrogen-bond acceptors (Lipinski definition) is 2. The fourth-order valence-electron chi connectivity index (χ4n) is 1.06. The molecule has 1 amide bonds. The lowest BCUT2D eigenvalue weighted by molar-refractivity contribution is -0.124. The third-order valence-corrected chi connectivity index (χ3v) is 2.24. The number of rotatable bonds is 6. The molecule has 2 N–H and O–H groups in total. The molecule has 0 aromatic rings. The Bertz CT molecular complexity index is 148. The third kappa shape index (κ3) is 5.64. The second-order valence-electron chi connectivity index (χ2n) is 3.72. The van der Waals surface area contributed by atoms with Gasteiger partial charge >= 0.3 is 0 Å². The van der Waals surface area contributed by atoms with Crippen molar-refractivity contribution in [2.45, 2.75) is 27.2 Å². The summed E-state index contributed by atoms with van der Waals surface area (Å²) >= 11 is 0. The maximum Gasteiger partial charge on any atom is 0.222 e. The molecule has 0 heterocycles. The summed E-state index contributed by atoms with van der Waals surface area (Å²) in [6, 6.07) is 0. The Balaban J connectivity index is 3.57. The van der Waals surface area contributed by atoms with Crippen LogP contribution >= 0.6 is 0 Å². The van der Waals surface area contributed by atoms with Gasteiger partial charge in [-0.25, -0.2) is 0 Å². The van der Waals surface area contributed by atoms with Gasteiger partial charge in [-0.3, -0.25) is 4.79 Å². The molecular formula is C10H22N2O. The van der Waals surface area contributed by atoms with E-state index in [4.69, 9.17) is 0 Å². The smallest absolute Gasteiger partial charge is 0.222 e. The summed E-state index contributed by atoms with van der Waals surface area (Å²) < 4.78 is 0. The summed E-state index contributed by atoms with van der Waals surface area (Å²) in [6.45, 7) is 7.82. The molecule has 2 atom stereocenters. The van der Waals surface area contributed by atoms with Crippen molar-refractivity contribution in [3.8, 4) is 0 Å². The Labute approximate surface area is 81.3 Å². The van der Waals surface area contributed by atoms with Gasteiger partial charge in [-0.05, 0) is 25.9 Å². The highest BCUT2D eigenvalue weighted by Crippen LogP contribution is 2.00. The summed E-state index contributed by atoms with van der Waals surface area (Å²) in [4.78, 5) is 11.4. The monoisotopic (exact) mass is 186 g/mol. The van der Waals surface area contributed by atoms with Crippen LogP contribution in [-0.2, 0) is 4.79 Å². The van der Waals surface area contributed by atoms with Crippen LogP contribution in [0.5, 0.6) is 0 Å². The van der Waals surface area contributed by atoms with Crippen LogP contribution in [0.15, 0.2) is 0 Å². The number of hydrogen-bond donors (Lipinski definition) is 2. The standard InChI is InChI=1S/C10H22N2O/c1-5-9(3)10(13)12-7-8(2)6-11-4/h8-9,11H,5-7H2,1-4H3,(H,12,13). The van der Waals surface area contributed by atoms with E-state index in [0.717, 1.165) is 19.5 Å². The molecule has 0 aliphatic rings. The molecule has 0 spiro atoms. The maximum absolute atomic E-state index is 11.4. The first-order chi connectivity index (χ1) is 6.11. The molecule has 3 nitrogen and oxygen atoms in total. The van der Waals surface area contributed by atoms with E-state index in [1.165, 1.54) is 0 Å². The number of carbonyl (C=O) groups is 1. The van der Waals surface area contributed by atoms with Crippen molar-refractivity contribution in [1.82, 2.24) is 10.6 Å². The molecule has 0 fully saturated rings. The van der Waals surface area contributed by atoms with Crippen LogP contribution in [0.4, 0.5) is 0 Å². The Morgan fingerprint density at radius 2 is 1.92 bits per heavy atom. The summed E-state index contributed by atoms with van der Waals surface area (Å²) in [5.74, 6) is 0.810. The van der Waals surface area contributed by atoms with E-state index in [1.54, 1.807) is 0 Å². The molecule has 0 aromatic carbocycles. The van der Waals surface area contributed by atoms with Crippen molar-refractivity contribution in [3.63, 3.8) is 0 Å². The van der Waals surface area contributed by atoms with Crippen molar-refractivity contribution in [2.75, 3.05) is 20.1 Å². The van der Waals surface area contributed by atoms with Crippen LogP contribution in [0.3, 0.4) is 0 Å². The predicted molar refractivity (Wildman–Crippen MR) is 55.6 cm³/mol. The number of nitrogens with one attached hydrogen (secondary N) is 2. The maximum atomic E-state index is 11.4. The van der Waals surface area contributed by atoms with Crippen LogP contribution in [0.2, 0.25) is 0 Å². The van der Waals surface area contributed by atoms with Crippen LogP contribution < -0.4 is 10.6 Å². The molecule has 0 aliphatic carbocycles. The summed E-state index contributed by atoms with van der Waals surface area (Å²) in [5, 5.41) is 6.02. The largest absolute Gasteiger partial charge is 0.356 e. The first kappa shape index (κ1) is 12.4. The van der Waals surface area contributed by atoms with Gasteiger partial charge in [-0.15, -0.1) is 0 Å². The number of carbonyl (C=O) groups excluding carboxylic acids is 1. The van der Waals surface area contributed by atoms with E-state index >= 15 is 0 Å². The molecule has 78 valence electrons. The van der Waals surface area contributed by atoms with Crippen LogP contribution in [0, 0.1) is 11.8 Å². The van der Waals surface area contributed by atoms with Gasteiger partial charge in [0, 0.05) is 12.5 Å². The highest BCUT2D eigenvalue weighted by Gasteiger charge is 2.10. The van der Waals surface area contributed by atoms with Crippen LogP contribution in [-0.4, -0.2) is 26.0 Å². The van der Waals surface area contributed by atoms with Gasteiger partial charge in [0.15, 0.2) is 0 Å². The average Bonchev–Trinajstić information content (AvgIpc) is 2.13. The minimum absolute atomic E-state index is 0.141. The predicted octanol–water partition coefficient (Wildman–Crippen LogP) is 1.00. The molecule has 0 bridgehead atoms. The first-order valence-electron chi connectivity index (χ1n) is 5.04. The summed E-state index contributed by atoms with van der Waals surface area (Å²) in [5.41, 5.74) is 0. The van der Waals surface area contributed by atoms with Gasteiger partial charge in [0.05, 0.1) is 0 Å². The normalized spacial score (nSPS) is 15.1. The lowest BCUT2D eigenvalue weighted by Gasteiger charge is -2.14. The first-order valence-corrected chi connectivity index (χ1v) is 5.04. The van der Waals surface area contributed by atoms with Crippen molar-refractivity contribution < 1.29 is 4.79 Å².